The zero-order valence-corrected chi connectivity index (χ0v) is 20.7. The molecule has 2 aliphatic heterocycles. The quantitative estimate of drug-likeness (QED) is 0.476. The van der Waals surface area contributed by atoms with Crippen molar-refractivity contribution in [2.75, 3.05) is 54.5 Å². The number of aryl methyl sites for hydroxylation is 1. The van der Waals surface area contributed by atoms with Gasteiger partial charge in [0.2, 0.25) is 5.95 Å². The number of thiazole rings is 1. The highest BCUT2D eigenvalue weighted by Gasteiger charge is 2.24. The lowest BCUT2D eigenvalue weighted by atomic mass is 9.94. The van der Waals surface area contributed by atoms with Gasteiger partial charge in [-0.1, -0.05) is 11.3 Å². The van der Waals surface area contributed by atoms with Gasteiger partial charge in [0.05, 0.1) is 18.4 Å². The average molecular weight is 491 g/mol. The molecule has 2 fully saturated rings. The molecule has 2 aromatic heterocycles. The molecule has 0 atom stereocenters. The lowest BCUT2D eigenvalue weighted by Crippen LogP contribution is -2.37. The van der Waals surface area contributed by atoms with Crippen LogP contribution in [0.25, 0.3) is 0 Å². The summed E-state index contributed by atoms with van der Waals surface area (Å²) in [4.78, 5) is 31.1. The predicted molar refractivity (Wildman–Crippen MR) is 132 cm³/mol. The number of nitrogens with one attached hydrogen (secondary N) is 1. The number of nitrogens with zero attached hydrogens (tertiary/aromatic N) is 5. The van der Waals surface area contributed by atoms with Gasteiger partial charge in [0.25, 0.3) is 0 Å². The second kappa shape index (κ2) is 11.3. The van der Waals surface area contributed by atoms with E-state index < -0.39 is 0 Å². The van der Waals surface area contributed by atoms with Crippen molar-refractivity contribution >= 4 is 40.0 Å². The minimum absolute atomic E-state index is 0.234. The summed E-state index contributed by atoms with van der Waals surface area (Å²) in [6.07, 6.45) is 4.05. The van der Waals surface area contributed by atoms with Gasteiger partial charge in [-0.2, -0.15) is 9.97 Å². The van der Waals surface area contributed by atoms with E-state index in [0.717, 1.165) is 57.1 Å². The maximum Gasteiger partial charge on any atom is 0.350 e. The Hall–Kier alpha value is -2.50. The molecule has 0 aliphatic carbocycles. The summed E-state index contributed by atoms with van der Waals surface area (Å²) in [7, 11) is 0. The van der Waals surface area contributed by atoms with E-state index in [2.05, 4.69) is 20.1 Å². The van der Waals surface area contributed by atoms with Crippen molar-refractivity contribution in [2.24, 2.45) is 5.92 Å². The Kier molecular flexibility index (Phi) is 8.17. The number of hydrogen-bond donors (Lipinski definition) is 3. The van der Waals surface area contributed by atoms with Crippen molar-refractivity contribution in [1.29, 1.82) is 0 Å². The Labute approximate surface area is 204 Å². The van der Waals surface area contributed by atoms with Crippen molar-refractivity contribution in [2.45, 2.75) is 52.1 Å². The molecule has 0 bridgehead atoms. The largest absolute Gasteiger partial charge is 0.462 e. The van der Waals surface area contributed by atoms with Crippen LogP contribution in [0.2, 0.25) is 0 Å². The minimum atomic E-state index is -0.376. The number of esters is 1. The van der Waals surface area contributed by atoms with Gasteiger partial charge in [-0.25, -0.2) is 9.78 Å². The third-order valence-corrected chi connectivity index (χ3v) is 7.49. The zero-order chi connectivity index (χ0) is 24.1. The number of aliphatic hydroxyl groups excluding tert-OH is 2. The first-order valence-corrected chi connectivity index (χ1v) is 12.9. The van der Waals surface area contributed by atoms with Gasteiger partial charge in [0, 0.05) is 38.9 Å². The molecular formula is C23H34N6O4S. The summed E-state index contributed by atoms with van der Waals surface area (Å²) < 4.78 is 5.13. The maximum atomic E-state index is 12.2. The van der Waals surface area contributed by atoms with Crippen molar-refractivity contribution < 1.29 is 19.7 Å². The first-order chi connectivity index (χ1) is 16.5. The first-order valence-electron chi connectivity index (χ1n) is 12.1. The second-order valence-corrected chi connectivity index (χ2v) is 9.85. The van der Waals surface area contributed by atoms with Crippen molar-refractivity contribution in [3.05, 3.63) is 16.6 Å². The van der Waals surface area contributed by atoms with Crippen LogP contribution < -0.4 is 15.1 Å². The van der Waals surface area contributed by atoms with E-state index in [1.807, 2.05) is 6.07 Å². The fraction of sp³-hybridized carbons (Fsp3) is 0.652. The number of rotatable bonds is 8. The number of piperidine rings is 2. The maximum absolute atomic E-state index is 12.2. The van der Waals surface area contributed by atoms with Gasteiger partial charge >= 0.3 is 5.97 Å². The standard InChI is InChI=1S/C23H34N6O4S/c1-3-33-21(32)20-15(2)24-23(34-20)27-22-25-18(28-9-4-16(5-10-28)8-13-30)14-19(26-22)29-11-6-17(31)7-12-29/h14,16-17,30-31H,3-13H2,1-2H3,(H,24,25,26,27). The first kappa shape index (κ1) is 24.6. The van der Waals surface area contributed by atoms with Gasteiger partial charge < -0.3 is 24.7 Å². The number of carbonyl (C=O) groups excluding carboxylic acids is 1. The molecule has 2 aromatic rings. The van der Waals surface area contributed by atoms with Crippen molar-refractivity contribution in [1.82, 2.24) is 15.0 Å². The monoisotopic (exact) mass is 490 g/mol. The molecule has 4 rings (SSSR count). The zero-order valence-electron chi connectivity index (χ0n) is 19.9. The number of aliphatic hydroxyl groups is 2. The molecule has 186 valence electrons. The van der Waals surface area contributed by atoms with Crippen LogP contribution >= 0.6 is 11.3 Å². The van der Waals surface area contributed by atoms with Crippen LogP contribution in [0.5, 0.6) is 0 Å². The van der Waals surface area contributed by atoms with Gasteiger partial charge in [0.15, 0.2) is 5.13 Å². The highest BCUT2D eigenvalue weighted by Crippen LogP contribution is 2.31. The minimum Gasteiger partial charge on any atom is -0.462 e. The molecule has 2 saturated heterocycles. The van der Waals surface area contributed by atoms with Crippen LogP contribution in [0, 0.1) is 12.8 Å². The summed E-state index contributed by atoms with van der Waals surface area (Å²) in [5.41, 5.74) is 0.610. The summed E-state index contributed by atoms with van der Waals surface area (Å²) in [6.45, 7) is 7.33. The van der Waals surface area contributed by atoms with E-state index in [9.17, 15) is 15.0 Å². The molecule has 0 saturated carbocycles. The number of hydrogen-bond acceptors (Lipinski definition) is 11. The van der Waals surface area contributed by atoms with Crippen LogP contribution in [0.15, 0.2) is 6.07 Å². The Morgan fingerprint density at radius 1 is 1.12 bits per heavy atom. The normalized spacial score (nSPS) is 17.8. The fourth-order valence-corrected chi connectivity index (χ4v) is 5.32. The Bertz CT molecular complexity index is 970. The molecule has 0 amide bonds. The fourth-order valence-electron chi connectivity index (χ4n) is 4.46. The van der Waals surface area contributed by atoms with Crippen LogP contribution in [0.4, 0.5) is 22.7 Å². The van der Waals surface area contributed by atoms with Gasteiger partial charge in [-0.05, 0) is 51.9 Å². The number of carbonyl (C=O) groups is 1. The molecule has 11 heteroatoms. The Morgan fingerprint density at radius 3 is 2.32 bits per heavy atom. The topological polar surface area (TPSA) is 124 Å². The SMILES string of the molecule is CCOC(=O)c1sc(Nc2nc(N3CCC(O)CC3)cc(N3CCC(CCO)CC3)n2)nc1C. The molecule has 2 aliphatic rings. The Balaban J connectivity index is 1.57. The molecule has 34 heavy (non-hydrogen) atoms. The third-order valence-electron chi connectivity index (χ3n) is 6.44. The number of anilines is 4. The summed E-state index contributed by atoms with van der Waals surface area (Å²) in [5.74, 6) is 2.26. The third kappa shape index (κ3) is 5.94. The molecule has 4 heterocycles. The lowest BCUT2D eigenvalue weighted by Gasteiger charge is -2.34. The van der Waals surface area contributed by atoms with E-state index in [-0.39, 0.29) is 18.7 Å². The van der Waals surface area contributed by atoms with Crippen molar-refractivity contribution in [3.63, 3.8) is 0 Å². The highest BCUT2D eigenvalue weighted by atomic mass is 32.1. The van der Waals surface area contributed by atoms with Crippen LogP contribution in [-0.4, -0.2) is 76.6 Å². The van der Waals surface area contributed by atoms with Crippen molar-refractivity contribution in [3.8, 4) is 0 Å². The van der Waals surface area contributed by atoms with E-state index in [1.165, 1.54) is 11.3 Å². The summed E-state index contributed by atoms with van der Waals surface area (Å²) in [6, 6.07) is 2.02. The molecular weight excluding hydrogens is 456 g/mol. The highest BCUT2D eigenvalue weighted by molar-refractivity contribution is 7.17. The van der Waals surface area contributed by atoms with E-state index in [4.69, 9.17) is 14.7 Å². The molecule has 10 nitrogen and oxygen atoms in total. The average Bonchev–Trinajstić information content (AvgIpc) is 3.20. The molecule has 0 unspecified atom stereocenters. The smallest absolute Gasteiger partial charge is 0.350 e. The van der Waals surface area contributed by atoms with Gasteiger partial charge in [-0.3, -0.25) is 5.32 Å². The second-order valence-electron chi connectivity index (χ2n) is 8.85. The molecule has 0 spiro atoms. The van der Waals surface area contributed by atoms with E-state index in [0.29, 0.717) is 47.0 Å². The summed E-state index contributed by atoms with van der Waals surface area (Å²) in [5, 5.41) is 22.9. The molecule has 3 N–H and O–H groups in total. The van der Waals surface area contributed by atoms with Crippen LogP contribution in [-0.2, 0) is 4.74 Å². The summed E-state index contributed by atoms with van der Waals surface area (Å²) >= 11 is 1.23. The predicted octanol–water partition coefficient (Wildman–Crippen LogP) is 2.72. The van der Waals surface area contributed by atoms with E-state index in [1.54, 1.807) is 13.8 Å². The van der Waals surface area contributed by atoms with Gasteiger partial charge in [0.1, 0.15) is 16.5 Å². The Morgan fingerprint density at radius 2 is 1.74 bits per heavy atom. The molecule has 0 aromatic carbocycles. The van der Waals surface area contributed by atoms with Crippen LogP contribution in [0.3, 0.4) is 0 Å². The molecule has 0 radical (unpaired) electrons. The van der Waals surface area contributed by atoms with E-state index >= 15 is 0 Å². The lowest BCUT2D eigenvalue weighted by molar-refractivity contribution is 0.0531. The number of ether oxygens (including phenoxy) is 1. The van der Waals surface area contributed by atoms with Gasteiger partial charge in [-0.15, -0.1) is 0 Å². The van der Waals surface area contributed by atoms with Crippen LogP contribution in [0.1, 0.15) is 54.4 Å². The number of aromatic nitrogens is 3.